The number of unbranched alkanes of at least 4 members (excludes halogenated alkanes) is 1. The highest BCUT2D eigenvalue weighted by Gasteiger charge is 2.45. The van der Waals surface area contributed by atoms with E-state index in [1.165, 1.54) is 5.57 Å². The summed E-state index contributed by atoms with van der Waals surface area (Å²) in [7, 11) is 0. The van der Waals surface area contributed by atoms with Crippen molar-refractivity contribution in [2.24, 2.45) is 5.92 Å². The first kappa shape index (κ1) is 19.8. The lowest BCUT2D eigenvalue weighted by Gasteiger charge is -2.47. The van der Waals surface area contributed by atoms with Gasteiger partial charge in [0.1, 0.15) is 17.1 Å². The maximum atomic E-state index is 11.6. The van der Waals surface area contributed by atoms with Gasteiger partial charge in [-0.3, -0.25) is 4.79 Å². The number of benzene rings is 1. The standard InChI is InChI=1S/C23H33NO3/c1-5-24-21(26)9-7-6-8-16-13-19(25)22-17-12-15(2)10-11-18(17)23(3,4)27-20(22)14-16/h10,13-14,17-18,25H,5-9,11-12H2,1-4H3,(H,24,26)/t17-,18-/m1/s1. The van der Waals surface area contributed by atoms with Crippen LogP contribution in [0.15, 0.2) is 23.8 Å². The van der Waals surface area contributed by atoms with Crippen LogP contribution in [-0.2, 0) is 11.2 Å². The van der Waals surface area contributed by atoms with Gasteiger partial charge in [0.05, 0.1) is 0 Å². The van der Waals surface area contributed by atoms with Crippen molar-refractivity contribution in [3.63, 3.8) is 0 Å². The molecule has 0 saturated heterocycles. The van der Waals surface area contributed by atoms with Gasteiger partial charge in [0.25, 0.3) is 0 Å². The molecule has 2 aliphatic rings. The first-order chi connectivity index (χ1) is 12.8. The van der Waals surface area contributed by atoms with E-state index in [-0.39, 0.29) is 11.5 Å². The number of nitrogens with one attached hydrogen (secondary N) is 1. The van der Waals surface area contributed by atoms with E-state index in [0.29, 0.717) is 30.6 Å². The summed E-state index contributed by atoms with van der Waals surface area (Å²) in [5.41, 5.74) is 3.23. The van der Waals surface area contributed by atoms with Crippen LogP contribution < -0.4 is 10.1 Å². The van der Waals surface area contributed by atoms with Crippen molar-refractivity contribution in [2.75, 3.05) is 6.54 Å². The number of aryl methyl sites for hydroxylation is 1. The predicted molar refractivity (Wildman–Crippen MR) is 108 cm³/mol. The van der Waals surface area contributed by atoms with E-state index in [1.807, 2.05) is 13.0 Å². The normalized spacial score (nSPS) is 22.9. The van der Waals surface area contributed by atoms with E-state index in [4.69, 9.17) is 4.74 Å². The Morgan fingerprint density at radius 3 is 2.85 bits per heavy atom. The maximum Gasteiger partial charge on any atom is 0.219 e. The second-order valence-corrected chi connectivity index (χ2v) is 8.60. The maximum absolute atomic E-state index is 11.6. The number of phenols is 1. The number of fused-ring (bicyclic) bond motifs is 3. The second kappa shape index (κ2) is 7.95. The number of carbonyl (C=O) groups is 1. The zero-order valence-electron chi connectivity index (χ0n) is 17.1. The summed E-state index contributed by atoms with van der Waals surface area (Å²) < 4.78 is 6.37. The summed E-state index contributed by atoms with van der Waals surface area (Å²) in [5, 5.41) is 13.6. The molecule has 0 bridgehead atoms. The van der Waals surface area contributed by atoms with Gasteiger partial charge in [-0.2, -0.15) is 0 Å². The number of rotatable bonds is 6. The number of allylic oxidation sites excluding steroid dienone is 2. The summed E-state index contributed by atoms with van der Waals surface area (Å²) >= 11 is 0. The predicted octanol–water partition coefficient (Wildman–Crippen LogP) is 4.85. The highest BCUT2D eigenvalue weighted by Crippen LogP contribution is 2.54. The van der Waals surface area contributed by atoms with Crippen LogP contribution in [0.2, 0.25) is 0 Å². The van der Waals surface area contributed by atoms with Crippen molar-refractivity contribution in [2.45, 2.75) is 77.7 Å². The molecule has 1 aromatic carbocycles. The van der Waals surface area contributed by atoms with Crippen molar-refractivity contribution in [3.8, 4) is 11.5 Å². The molecule has 3 rings (SSSR count). The second-order valence-electron chi connectivity index (χ2n) is 8.60. The van der Waals surface area contributed by atoms with Crippen LogP contribution in [0.3, 0.4) is 0 Å². The molecule has 2 N–H and O–H groups in total. The Morgan fingerprint density at radius 2 is 2.11 bits per heavy atom. The molecule has 148 valence electrons. The Morgan fingerprint density at radius 1 is 1.33 bits per heavy atom. The van der Waals surface area contributed by atoms with Crippen LogP contribution in [0, 0.1) is 5.92 Å². The number of hydrogen-bond donors (Lipinski definition) is 2. The third-order valence-corrected chi connectivity index (χ3v) is 6.06. The fourth-order valence-electron chi connectivity index (χ4n) is 4.66. The number of amides is 1. The lowest BCUT2D eigenvalue weighted by Crippen LogP contribution is -2.45. The van der Waals surface area contributed by atoms with Crippen molar-refractivity contribution >= 4 is 5.91 Å². The molecule has 1 aromatic rings. The molecule has 0 saturated carbocycles. The summed E-state index contributed by atoms with van der Waals surface area (Å²) in [4.78, 5) is 11.6. The number of carbonyl (C=O) groups excluding carboxylic acids is 1. The summed E-state index contributed by atoms with van der Waals surface area (Å²) in [6, 6.07) is 4.00. The van der Waals surface area contributed by atoms with Gasteiger partial charge in [0, 0.05) is 30.4 Å². The summed E-state index contributed by atoms with van der Waals surface area (Å²) in [5.74, 6) is 2.03. The zero-order valence-corrected chi connectivity index (χ0v) is 17.1. The van der Waals surface area contributed by atoms with Crippen molar-refractivity contribution in [1.29, 1.82) is 0 Å². The van der Waals surface area contributed by atoms with Crippen molar-refractivity contribution in [1.82, 2.24) is 5.32 Å². The molecule has 4 nitrogen and oxygen atoms in total. The molecule has 1 amide bonds. The van der Waals surface area contributed by atoms with Gasteiger partial charge in [0.2, 0.25) is 5.91 Å². The summed E-state index contributed by atoms with van der Waals surface area (Å²) in [6.07, 6.45) is 7.49. The number of ether oxygens (including phenoxy) is 1. The van der Waals surface area contributed by atoms with Crippen LogP contribution in [0.4, 0.5) is 0 Å². The molecule has 0 unspecified atom stereocenters. The topological polar surface area (TPSA) is 58.6 Å². The molecule has 1 aliphatic heterocycles. The molecule has 27 heavy (non-hydrogen) atoms. The molecule has 1 aliphatic carbocycles. The van der Waals surface area contributed by atoms with Crippen molar-refractivity contribution < 1.29 is 14.6 Å². The Balaban J connectivity index is 1.74. The van der Waals surface area contributed by atoms with Gasteiger partial charge in [-0.25, -0.2) is 0 Å². The van der Waals surface area contributed by atoms with E-state index >= 15 is 0 Å². The SMILES string of the molecule is CCNC(=O)CCCCc1cc(O)c2c(c1)OC(C)(C)[C@@H]1CC=C(C)C[C@@H]21. The van der Waals surface area contributed by atoms with Gasteiger partial charge in [0.15, 0.2) is 0 Å². The van der Waals surface area contributed by atoms with Crippen LogP contribution in [0.5, 0.6) is 11.5 Å². The van der Waals surface area contributed by atoms with E-state index in [9.17, 15) is 9.90 Å². The summed E-state index contributed by atoms with van der Waals surface area (Å²) in [6.45, 7) is 9.12. The fraction of sp³-hybridized carbons (Fsp3) is 0.609. The smallest absolute Gasteiger partial charge is 0.219 e. The zero-order chi connectivity index (χ0) is 19.6. The van der Waals surface area contributed by atoms with Gasteiger partial charge in [-0.1, -0.05) is 11.6 Å². The monoisotopic (exact) mass is 371 g/mol. The third-order valence-electron chi connectivity index (χ3n) is 6.06. The van der Waals surface area contributed by atoms with Crippen molar-refractivity contribution in [3.05, 3.63) is 34.9 Å². The molecule has 0 radical (unpaired) electrons. The Kier molecular flexibility index (Phi) is 5.83. The van der Waals surface area contributed by atoms with Crippen LogP contribution >= 0.6 is 0 Å². The lowest BCUT2D eigenvalue weighted by atomic mass is 9.67. The third kappa shape index (κ3) is 4.31. The molecule has 2 atom stereocenters. The average molecular weight is 372 g/mol. The first-order valence-corrected chi connectivity index (χ1v) is 10.3. The van der Waals surface area contributed by atoms with E-state index in [2.05, 4.69) is 38.2 Å². The van der Waals surface area contributed by atoms with E-state index < -0.39 is 0 Å². The fourth-order valence-corrected chi connectivity index (χ4v) is 4.66. The molecule has 0 aromatic heterocycles. The Hall–Kier alpha value is -1.97. The molecule has 0 spiro atoms. The van der Waals surface area contributed by atoms with E-state index in [1.54, 1.807) is 0 Å². The molecule has 4 heteroatoms. The van der Waals surface area contributed by atoms with Gasteiger partial charge >= 0.3 is 0 Å². The average Bonchev–Trinajstić information content (AvgIpc) is 2.57. The van der Waals surface area contributed by atoms with Crippen LogP contribution in [0.25, 0.3) is 0 Å². The molecule has 0 fully saturated rings. The van der Waals surface area contributed by atoms with Gasteiger partial charge in [-0.05, 0) is 77.5 Å². The Labute approximate surface area is 163 Å². The highest BCUT2D eigenvalue weighted by atomic mass is 16.5. The largest absolute Gasteiger partial charge is 0.508 e. The molecular weight excluding hydrogens is 338 g/mol. The molecular formula is C23H33NO3. The minimum absolute atomic E-state index is 0.114. The first-order valence-electron chi connectivity index (χ1n) is 10.3. The minimum Gasteiger partial charge on any atom is -0.508 e. The number of aromatic hydroxyl groups is 1. The van der Waals surface area contributed by atoms with Crippen LogP contribution in [0.1, 0.15) is 76.8 Å². The lowest BCUT2D eigenvalue weighted by molar-refractivity contribution is -0.121. The quantitative estimate of drug-likeness (QED) is 0.555. The van der Waals surface area contributed by atoms with E-state index in [0.717, 1.165) is 49.0 Å². The minimum atomic E-state index is -0.238. The Bertz CT molecular complexity index is 735. The highest BCUT2D eigenvalue weighted by molar-refractivity contribution is 5.75. The molecule has 1 heterocycles. The van der Waals surface area contributed by atoms with Gasteiger partial charge < -0.3 is 15.2 Å². The van der Waals surface area contributed by atoms with Crippen LogP contribution in [-0.4, -0.2) is 23.2 Å². The van der Waals surface area contributed by atoms with Gasteiger partial charge in [-0.15, -0.1) is 0 Å². The number of hydrogen-bond acceptors (Lipinski definition) is 3. The number of phenolic OH excluding ortho intramolecular Hbond substituents is 1.